The lowest BCUT2D eigenvalue weighted by Crippen LogP contribution is -2.41. The number of nitrogens with one attached hydrogen (secondary N) is 2. The number of amides is 1. The van der Waals surface area contributed by atoms with E-state index < -0.39 is 16.1 Å². The Hall–Kier alpha value is -1.80. The van der Waals surface area contributed by atoms with Crippen LogP contribution < -0.4 is 15.0 Å². The number of hydrogen-bond donors (Lipinski definition) is 2. The van der Waals surface area contributed by atoms with E-state index in [1.165, 1.54) is 24.3 Å². The number of hydrogen-bond acceptors (Lipinski definition) is 5. The fourth-order valence-electron chi connectivity index (χ4n) is 1.10. The second-order valence-corrected chi connectivity index (χ2v) is 4.81. The molecule has 1 rings (SSSR count). The summed E-state index contributed by atoms with van der Waals surface area (Å²) in [6, 6.07) is 5.78. The second kappa shape index (κ2) is 6.22. The normalized spacial score (nSPS) is 10.8. The quantitative estimate of drug-likeness (QED) is 0.768. The zero-order valence-corrected chi connectivity index (χ0v) is 10.8. The molecule has 7 nitrogen and oxygen atoms in total. The Bertz CT molecular complexity index is 498. The first-order valence-corrected chi connectivity index (χ1v) is 6.56. The van der Waals surface area contributed by atoms with Gasteiger partial charge in [-0.1, -0.05) is 0 Å². The van der Waals surface area contributed by atoms with Crippen molar-refractivity contribution in [1.82, 2.24) is 10.3 Å². The maximum Gasteiger partial charge on any atom is 0.422 e. The van der Waals surface area contributed by atoms with Crippen LogP contribution in [0, 0.1) is 0 Å². The summed E-state index contributed by atoms with van der Waals surface area (Å²) >= 11 is 0. The predicted octanol–water partition coefficient (Wildman–Crippen LogP) is 0.635. The molecule has 1 amide bonds. The van der Waals surface area contributed by atoms with Gasteiger partial charge in [-0.3, -0.25) is 0 Å². The molecule has 0 atom stereocenters. The van der Waals surface area contributed by atoms with Gasteiger partial charge in [0.05, 0.1) is 18.6 Å². The van der Waals surface area contributed by atoms with E-state index in [4.69, 9.17) is 4.74 Å². The van der Waals surface area contributed by atoms with Gasteiger partial charge < -0.3 is 9.47 Å². The third kappa shape index (κ3) is 3.90. The first-order chi connectivity index (χ1) is 8.49. The summed E-state index contributed by atoms with van der Waals surface area (Å²) in [6.07, 6.45) is -0.899. The molecule has 0 radical (unpaired) electrons. The van der Waals surface area contributed by atoms with Gasteiger partial charge in [0, 0.05) is 0 Å². The van der Waals surface area contributed by atoms with Crippen molar-refractivity contribution in [2.45, 2.75) is 11.8 Å². The Morgan fingerprint density at radius 1 is 1.28 bits per heavy atom. The van der Waals surface area contributed by atoms with E-state index in [0.717, 1.165) is 7.11 Å². The van der Waals surface area contributed by atoms with E-state index in [1.807, 2.05) is 17.2 Å². The van der Waals surface area contributed by atoms with Crippen LogP contribution in [0.15, 0.2) is 29.2 Å². The van der Waals surface area contributed by atoms with Crippen molar-refractivity contribution in [3.63, 3.8) is 0 Å². The molecule has 18 heavy (non-hydrogen) atoms. The monoisotopic (exact) mass is 274 g/mol. The zero-order valence-electron chi connectivity index (χ0n) is 9.97. The molecular formula is C10H14N2O5S. The molecule has 0 heterocycles. The van der Waals surface area contributed by atoms with Crippen LogP contribution in [0.3, 0.4) is 0 Å². The van der Waals surface area contributed by atoms with Gasteiger partial charge in [0.2, 0.25) is 0 Å². The van der Waals surface area contributed by atoms with Gasteiger partial charge in [-0.05, 0) is 31.2 Å². The van der Waals surface area contributed by atoms with Crippen LogP contribution in [0.1, 0.15) is 6.92 Å². The average molecular weight is 274 g/mol. The molecule has 8 heteroatoms. The third-order valence-electron chi connectivity index (χ3n) is 1.92. The third-order valence-corrected chi connectivity index (χ3v) is 3.18. The van der Waals surface area contributed by atoms with Gasteiger partial charge in [0.25, 0.3) is 10.0 Å². The molecule has 100 valence electrons. The standard InChI is InChI=1S/C10H14N2O5S/c1-3-17-8-4-6-9(7-5-8)18(14,15)12-11-10(13)16-2/h4-7,12H,3H2,1-2H3,(H,11,13). The van der Waals surface area contributed by atoms with E-state index in [0.29, 0.717) is 12.4 Å². The molecular weight excluding hydrogens is 260 g/mol. The smallest absolute Gasteiger partial charge is 0.422 e. The molecule has 1 aromatic rings. The number of sulfonamides is 1. The van der Waals surface area contributed by atoms with E-state index in [9.17, 15) is 13.2 Å². The largest absolute Gasteiger partial charge is 0.494 e. The molecule has 0 spiro atoms. The molecule has 0 unspecified atom stereocenters. The summed E-state index contributed by atoms with van der Waals surface area (Å²) < 4.78 is 32.8. The van der Waals surface area contributed by atoms with Gasteiger partial charge in [-0.25, -0.2) is 18.6 Å². The first-order valence-electron chi connectivity index (χ1n) is 5.08. The number of benzene rings is 1. The second-order valence-electron chi connectivity index (χ2n) is 3.13. The molecule has 0 aromatic heterocycles. The topological polar surface area (TPSA) is 93.7 Å². The molecule has 2 N–H and O–H groups in total. The molecule has 0 saturated heterocycles. The molecule has 0 bridgehead atoms. The molecule has 0 fully saturated rings. The van der Waals surface area contributed by atoms with Crippen molar-refractivity contribution in [3.8, 4) is 5.75 Å². The van der Waals surface area contributed by atoms with Crippen molar-refractivity contribution in [2.24, 2.45) is 0 Å². The maximum atomic E-state index is 11.7. The zero-order chi connectivity index (χ0) is 13.6. The van der Waals surface area contributed by atoms with Crippen LogP contribution in [0.25, 0.3) is 0 Å². The Labute approximate surface area is 105 Å². The van der Waals surface area contributed by atoms with E-state index in [-0.39, 0.29) is 4.90 Å². The number of carbonyl (C=O) groups is 1. The van der Waals surface area contributed by atoms with Gasteiger partial charge in [-0.15, -0.1) is 4.83 Å². The Morgan fingerprint density at radius 3 is 2.39 bits per heavy atom. The van der Waals surface area contributed by atoms with Crippen LogP contribution >= 0.6 is 0 Å². The van der Waals surface area contributed by atoms with Crippen LogP contribution in [0.2, 0.25) is 0 Å². The number of carbonyl (C=O) groups excluding carboxylic acids is 1. The highest BCUT2D eigenvalue weighted by Crippen LogP contribution is 2.15. The summed E-state index contributed by atoms with van der Waals surface area (Å²) in [7, 11) is -2.69. The lowest BCUT2D eigenvalue weighted by molar-refractivity contribution is 0.169. The van der Waals surface area contributed by atoms with Crippen molar-refractivity contribution < 1.29 is 22.7 Å². The highest BCUT2D eigenvalue weighted by molar-refractivity contribution is 7.89. The summed E-state index contributed by atoms with van der Waals surface area (Å²) in [5, 5.41) is 0. The summed E-state index contributed by atoms with van der Waals surface area (Å²) in [5.74, 6) is 0.567. The lowest BCUT2D eigenvalue weighted by atomic mass is 10.3. The molecule has 0 saturated carbocycles. The predicted molar refractivity (Wildman–Crippen MR) is 63.5 cm³/mol. The molecule has 0 aliphatic heterocycles. The fraction of sp³-hybridized carbons (Fsp3) is 0.300. The minimum Gasteiger partial charge on any atom is -0.494 e. The maximum absolute atomic E-state index is 11.7. The lowest BCUT2D eigenvalue weighted by Gasteiger charge is -2.08. The Morgan fingerprint density at radius 2 is 1.89 bits per heavy atom. The van der Waals surface area contributed by atoms with Crippen LogP contribution in [0.4, 0.5) is 4.79 Å². The van der Waals surface area contributed by atoms with Crippen molar-refractivity contribution in [3.05, 3.63) is 24.3 Å². The Balaban J connectivity index is 2.75. The van der Waals surface area contributed by atoms with Crippen molar-refractivity contribution >= 4 is 16.1 Å². The van der Waals surface area contributed by atoms with Gasteiger partial charge in [-0.2, -0.15) is 0 Å². The number of rotatable bonds is 5. The number of hydrazine groups is 1. The molecule has 0 aliphatic carbocycles. The number of methoxy groups -OCH3 is 1. The Kier molecular flexibility index (Phi) is 4.93. The first kappa shape index (κ1) is 14.3. The van der Waals surface area contributed by atoms with E-state index in [2.05, 4.69) is 4.74 Å². The minimum absolute atomic E-state index is 0.00218. The van der Waals surface area contributed by atoms with Gasteiger partial charge in [0.15, 0.2) is 0 Å². The van der Waals surface area contributed by atoms with Gasteiger partial charge in [0.1, 0.15) is 5.75 Å². The number of ether oxygens (including phenoxy) is 2. The highest BCUT2D eigenvalue weighted by atomic mass is 32.2. The summed E-state index contributed by atoms with van der Waals surface area (Å²) in [4.78, 5) is 12.6. The highest BCUT2D eigenvalue weighted by Gasteiger charge is 2.14. The van der Waals surface area contributed by atoms with Gasteiger partial charge >= 0.3 is 6.09 Å². The summed E-state index contributed by atoms with van der Waals surface area (Å²) in [5.41, 5.74) is 1.88. The fourth-order valence-corrected chi connectivity index (χ4v) is 1.93. The summed E-state index contributed by atoms with van der Waals surface area (Å²) in [6.45, 7) is 2.32. The van der Waals surface area contributed by atoms with Crippen LogP contribution in [-0.4, -0.2) is 28.2 Å². The van der Waals surface area contributed by atoms with E-state index >= 15 is 0 Å². The van der Waals surface area contributed by atoms with Crippen LogP contribution in [0.5, 0.6) is 5.75 Å². The van der Waals surface area contributed by atoms with Crippen molar-refractivity contribution in [2.75, 3.05) is 13.7 Å². The minimum atomic E-state index is -3.81. The average Bonchev–Trinajstić information content (AvgIpc) is 2.37. The molecule has 0 aliphatic rings. The van der Waals surface area contributed by atoms with E-state index in [1.54, 1.807) is 0 Å². The van der Waals surface area contributed by atoms with Crippen LogP contribution in [-0.2, 0) is 14.8 Å². The SMILES string of the molecule is CCOc1ccc(S(=O)(=O)NNC(=O)OC)cc1. The molecule has 1 aromatic carbocycles. The van der Waals surface area contributed by atoms with Crippen molar-refractivity contribution in [1.29, 1.82) is 0 Å².